The third kappa shape index (κ3) is 2.63. The van der Waals surface area contributed by atoms with Gasteiger partial charge in [0.1, 0.15) is 5.82 Å². The maximum Gasteiger partial charge on any atom is 0.261 e. The second-order valence-corrected chi connectivity index (χ2v) is 5.27. The molecule has 4 heteroatoms. The van der Waals surface area contributed by atoms with Gasteiger partial charge in [0, 0.05) is 25.2 Å². The number of amides is 1. The summed E-state index contributed by atoms with van der Waals surface area (Å²) in [6, 6.07) is 17.7. The molecule has 1 amide bonds. The number of fused-ring (bicyclic) bond motifs is 1. The number of nitrogens with zero attached hydrogens (tertiary/aromatic N) is 1. The zero-order chi connectivity index (χ0) is 16.4. The van der Waals surface area contributed by atoms with Gasteiger partial charge >= 0.3 is 0 Å². The number of nitrogens with one attached hydrogen (secondary N) is 1. The van der Waals surface area contributed by atoms with Gasteiger partial charge in [-0.3, -0.25) is 4.79 Å². The summed E-state index contributed by atoms with van der Waals surface area (Å²) in [4.78, 5) is 14.2. The number of halogens is 1. The Labute approximate surface area is 134 Å². The average molecular weight is 309 g/mol. The van der Waals surface area contributed by atoms with Crippen molar-refractivity contribution in [3.05, 3.63) is 72.0 Å². The van der Waals surface area contributed by atoms with Crippen molar-refractivity contribution in [2.75, 3.05) is 24.3 Å². The molecule has 0 aliphatic rings. The Hall–Kier alpha value is -2.88. The van der Waals surface area contributed by atoms with Crippen LogP contribution in [0.25, 0.3) is 10.8 Å². The molecule has 116 valence electrons. The smallest absolute Gasteiger partial charge is 0.261 e. The number of hydrogen-bond acceptors (Lipinski definition) is 2. The summed E-state index contributed by atoms with van der Waals surface area (Å²) in [7, 11) is 3.50. The normalized spacial score (nSPS) is 10.6. The Kier molecular flexibility index (Phi) is 3.98. The molecule has 3 aromatic rings. The fourth-order valence-corrected chi connectivity index (χ4v) is 2.73. The molecular weight excluding hydrogens is 292 g/mol. The van der Waals surface area contributed by atoms with E-state index in [2.05, 4.69) is 5.32 Å². The first-order valence-corrected chi connectivity index (χ1v) is 7.35. The zero-order valence-corrected chi connectivity index (χ0v) is 13.0. The van der Waals surface area contributed by atoms with Gasteiger partial charge in [0.15, 0.2) is 0 Å². The van der Waals surface area contributed by atoms with Gasteiger partial charge in [0.2, 0.25) is 0 Å². The van der Waals surface area contributed by atoms with E-state index >= 15 is 0 Å². The first-order chi connectivity index (χ1) is 11.1. The molecule has 0 aromatic heterocycles. The molecular formula is C19H17FN2O. The molecule has 0 saturated heterocycles. The maximum atomic E-state index is 13.9. The molecule has 0 aliphatic heterocycles. The number of rotatable bonds is 3. The van der Waals surface area contributed by atoms with Crippen molar-refractivity contribution in [3.63, 3.8) is 0 Å². The van der Waals surface area contributed by atoms with E-state index in [0.717, 1.165) is 22.1 Å². The monoisotopic (exact) mass is 309 g/mol. The van der Waals surface area contributed by atoms with E-state index in [4.69, 9.17) is 0 Å². The lowest BCUT2D eigenvalue weighted by atomic mass is 10.1. The summed E-state index contributed by atoms with van der Waals surface area (Å²) in [5.41, 5.74) is 1.72. The standard InChI is InChI=1S/C19H17FN2O/c1-21-16-11-5-7-13-8-6-12-17(18(13)16)22(2)19(23)14-9-3-4-10-15(14)20/h3-12,21H,1-2H3/i19+1. The van der Waals surface area contributed by atoms with Crippen molar-refractivity contribution in [1.82, 2.24) is 0 Å². The SMILES string of the molecule is CNc1cccc2cccc(N(C)[13C](=O)c3ccccc3F)c12. The number of benzene rings is 3. The molecule has 0 aliphatic carbocycles. The number of anilines is 2. The van der Waals surface area contributed by atoms with Crippen LogP contribution in [0.2, 0.25) is 0 Å². The van der Waals surface area contributed by atoms with Crippen molar-refractivity contribution < 1.29 is 9.18 Å². The van der Waals surface area contributed by atoms with E-state index in [0.29, 0.717) is 0 Å². The van der Waals surface area contributed by atoms with Crippen LogP contribution in [-0.2, 0) is 0 Å². The fraction of sp³-hybridized carbons (Fsp3) is 0.105. The molecule has 23 heavy (non-hydrogen) atoms. The van der Waals surface area contributed by atoms with Crippen LogP contribution < -0.4 is 10.2 Å². The van der Waals surface area contributed by atoms with E-state index in [9.17, 15) is 9.18 Å². The Balaban J connectivity index is 2.13. The van der Waals surface area contributed by atoms with Crippen molar-refractivity contribution in [2.45, 2.75) is 0 Å². The van der Waals surface area contributed by atoms with E-state index in [1.165, 1.54) is 17.0 Å². The number of carbonyl (C=O) groups excluding carboxylic acids is 1. The second-order valence-electron chi connectivity index (χ2n) is 5.27. The minimum atomic E-state index is -0.515. The minimum Gasteiger partial charge on any atom is -0.388 e. The van der Waals surface area contributed by atoms with Crippen LogP contribution in [0.15, 0.2) is 60.7 Å². The molecule has 3 aromatic carbocycles. The molecule has 0 heterocycles. The third-order valence-electron chi connectivity index (χ3n) is 3.92. The third-order valence-corrected chi connectivity index (χ3v) is 3.92. The van der Waals surface area contributed by atoms with Crippen LogP contribution in [0.5, 0.6) is 0 Å². The summed E-state index contributed by atoms with van der Waals surface area (Å²) in [6.07, 6.45) is 0. The zero-order valence-electron chi connectivity index (χ0n) is 13.0. The van der Waals surface area contributed by atoms with Crippen LogP contribution in [-0.4, -0.2) is 20.0 Å². The van der Waals surface area contributed by atoms with E-state index in [1.54, 1.807) is 19.2 Å². The first kappa shape index (κ1) is 15.0. The highest BCUT2D eigenvalue weighted by Gasteiger charge is 2.19. The Morgan fingerprint density at radius 2 is 1.70 bits per heavy atom. The summed E-state index contributed by atoms with van der Waals surface area (Å²) in [5.74, 6) is -0.889. The maximum absolute atomic E-state index is 13.9. The summed E-state index contributed by atoms with van der Waals surface area (Å²) >= 11 is 0. The van der Waals surface area contributed by atoms with Gasteiger partial charge in [-0.2, -0.15) is 0 Å². The highest BCUT2D eigenvalue weighted by molar-refractivity contribution is 6.13. The van der Waals surface area contributed by atoms with Crippen LogP contribution >= 0.6 is 0 Å². The van der Waals surface area contributed by atoms with E-state index < -0.39 is 5.82 Å². The molecule has 0 spiro atoms. The van der Waals surface area contributed by atoms with Gasteiger partial charge in [-0.05, 0) is 29.7 Å². The quantitative estimate of drug-likeness (QED) is 0.732. The Bertz CT molecular complexity index is 871. The van der Waals surface area contributed by atoms with Crippen LogP contribution in [0.3, 0.4) is 0 Å². The number of carbonyl (C=O) groups is 1. The minimum absolute atomic E-state index is 0.0638. The molecule has 0 fully saturated rings. The van der Waals surface area contributed by atoms with Gasteiger partial charge in [-0.1, -0.05) is 36.4 Å². The average Bonchev–Trinajstić information content (AvgIpc) is 2.59. The molecule has 0 bridgehead atoms. The summed E-state index contributed by atoms with van der Waals surface area (Å²) < 4.78 is 13.9. The van der Waals surface area contributed by atoms with Gasteiger partial charge in [0.05, 0.1) is 11.3 Å². The second kappa shape index (κ2) is 6.08. The van der Waals surface area contributed by atoms with Gasteiger partial charge in [-0.15, -0.1) is 0 Å². The molecule has 1 N–H and O–H groups in total. The lowest BCUT2D eigenvalue weighted by Crippen LogP contribution is -2.27. The van der Waals surface area contributed by atoms with E-state index in [1.807, 2.05) is 43.4 Å². The van der Waals surface area contributed by atoms with E-state index in [-0.39, 0.29) is 11.5 Å². The molecule has 3 rings (SSSR count). The lowest BCUT2D eigenvalue weighted by molar-refractivity contribution is 0.0989. The highest BCUT2D eigenvalue weighted by atomic mass is 19.1. The van der Waals surface area contributed by atoms with Crippen molar-refractivity contribution in [2.24, 2.45) is 0 Å². The summed E-state index contributed by atoms with van der Waals surface area (Å²) in [5, 5.41) is 5.09. The van der Waals surface area contributed by atoms with Crippen LogP contribution in [0.1, 0.15) is 10.4 Å². The van der Waals surface area contributed by atoms with Gasteiger partial charge in [-0.25, -0.2) is 4.39 Å². The molecule has 0 saturated carbocycles. The number of hydrogen-bond donors (Lipinski definition) is 1. The van der Waals surface area contributed by atoms with Crippen molar-refractivity contribution in [1.29, 1.82) is 0 Å². The van der Waals surface area contributed by atoms with Gasteiger partial charge < -0.3 is 10.2 Å². The predicted molar refractivity (Wildman–Crippen MR) is 92.6 cm³/mol. The first-order valence-electron chi connectivity index (χ1n) is 7.35. The van der Waals surface area contributed by atoms with Gasteiger partial charge in [0.25, 0.3) is 5.91 Å². The molecule has 0 radical (unpaired) electrons. The molecule has 0 unspecified atom stereocenters. The van der Waals surface area contributed by atoms with Crippen LogP contribution in [0.4, 0.5) is 15.8 Å². The topological polar surface area (TPSA) is 32.3 Å². The lowest BCUT2D eigenvalue weighted by Gasteiger charge is -2.21. The fourth-order valence-electron chi connectivity index (χ4n) is 2.73. The van der Waals surface area contributed by atoms with Crippen molar-refractivity contribution >= 4 is 28.1 Å². The predicted octanol–water partition coefficient (Wildman–Crippen LogP) is 4.30. The largest absolute Gasteiger partial charge is 0.388 e. The molecule has 0 atom stereocenters. The van der Waals surface area contributed by atoms with Crippen LogP contribution in [0, 0.1) is 5.82 Å². The summed E-state index contributed by atoms with van der Waals surface area (Å²) in [6.45, 7) is 0. The van der Waals surface area contributed by atoms with Crippen molar-refractivity contribution in [3.8, 4) is 0 Å². The highest BCUT2D eigenvalue weighted by Crippen LogP contribution is 2.33. The Morgan fingerprint density at radius 1 is 1.00 bits per heavy atom. The Morgan fingerprint density at radius 3 is 2.39 bits per heavy atom. The molecule has 3 nitrogen and oxygen atoms in total.